The van der Waals surface area contributed by atoms with Crippen molar-refractivity contribution in [2.24, 2.45) is 16.7 Å². The first-order valence-electron chi connectivity index (χ1n) is 9.42. The van der Waals surface area contributed by atoms with Gasteiger partial charge in [-0.25, -0.2) is 0 Å². The molecule has 1 fully saturated rings. The average Bonchev–Trinajstić information content (AvgIpc) is 2.51. The summed E-state index contributed by atoms with van der Waals surface area (Å²) in [5.74, 6) is -1.51. The number of carboxylic acid groups (broad SMARTS) is 1. The summed E-state index contributed by atoms with van der Waals surface area (Å²) in [6.45, 7) is 6.59. The lowest BCUT2D eigenvalue weighted by molar-refractivity contribution is -0.189. The Bertz CT molecular complexity index is 689. The number of hydrogen-bond acceptors (Lipinski definition) is 5. The smallest absolute Gasteiger partial charge is 0.309 e. The average molecular weight is 366 g/mol. The van der Waals surface area contributed by atoms with Crippen LogP contribution in [0, 0.1) is 16.7 Å². The minimum absolute atomic E-state index is 0.0527. The van der Waals surface area contributed by atoms with E-state index in [1.807, 2.05) is 6.92 Å². The molecule has 3 rings (SSSR count). The van der Waals surface area contributed by atoms with E-state index in [1.165, 1.54) is 13.8 Å². The zero-order valence-electron chi connectivity index (χ0n) is 16.0. The van der Waals surface area contributed by atoms with Gasteiger partial charge in [-0.1, -0.05) is 18.9 Å². The van der Waals surface area contributed by atoms with Gasteiger partial charge in [-0.05, 0) is 57.8 Å². The van der Waals surface area contributed by atoms with E-state index in [-0.39, 0.29) is 30.1 Å². The fourth-order valence-corrected chi connectivity index (χ4v) is 5.78. The number of carbonyl (C=O) groups excluding carboxylic acids is 1. The number of fused-ring (bicyclic) bond motifs is 2. The lowest BCUT2D eigenvalue weighted by Gasteiger charge is -2.57. The first-order chi connectivity index (χ1) is 11.8. The summed E-state index contributed by atoms with van der Waals surface area (Å²) in [4.78, 5) is 24.9. The number of allylic oxidation sites excluding steroid dienone is 1. The fraction of sp³-hybridized carbons (Fsp3) is 0.800. The quantitative estimate of drug-likeness (QED) is 0.592. The van der Waals surface area contributed by atoms with Crippen molar-refractivity contribution in [1.29, 1.82) is 0 Å². The molecule has 0 radical (unpaired) electrons. The second kappa shape index (κ2) is 5.63. The summed E-state index contributed by atoms with van der Waals surface area (Å²) < 4.78 is 0. The van der Waals surface area contributed by atoms with Crippen LogP contribution in [-0.4, -0.2) is 49.5 Å². The van der Waals surface area contributed by atoms with E-state index >= 15 is 0 Å². The van der Waals surface area contributed by atoms with Gasteiger partial charge < -0.3 is 20.4 Å². The third kappa shape index (κ3) is 2.35. The van der Waals surface area contributed by atoms with Gasteiger partial charge in [0.1, 0.15) is 11.7 Å². The maximum atomic E-state index is 13.0. The number of aliphatic hydroxyl groups is 3. The SMILES string of the molecule is CC(C)(O)[C@]1(O)CCC2=C(C(=O)CC3[C@](C)(C(=O)O)CCC[C@]23C)[C@H]1O. The Hall–Kier alpha value is -1.24. The van der Waals surface area contributed by atoms with Gasteiger partial charge in [0.15, 0.2) is 5.78 Å². The number of aliphatic carboxylic acids is 1. The number of carboxylic acids is 1. The van der Waals surface area contributed by atoms with Crippen molar-refractivity contribution in [2.75, 3.05) is 0 Å². The molecule has 1 saturated carbocycles. The molecule has 6 heteroatoms. The minimum atomic E-state index is -1.80. The van der Waals surface area contributed by atoms with Crippen LogP contribution >= 0.6 is 0 Å². The molecule has 6 nitrogen and oxygen atoms in total. The van der Waals surface area contributed by atoms with E-state index in [1.54, 1.807) is 6.92 Å². The van der Waals surface area contributed by atoms with E-state index in [2.05, 4.69) is 0 Å². The van der Waals surface area contributed by atoms with E-state index in [0.717, 1.165) is 18.4 Å². The highest BCUT2D eigenvalue weighted by molar-refractivity contribution is 5.99. The van der Waals surface area contributed by atoms with Crippen molar-refractivity contribution in [1.82, 2.24) is 0 Å². The van der Waals surface area contributed by atoms with Crippen LogP contribution in [0.5, 0.6) is 0 Å². The molecular weight excluding hydrogens is 336 g/mol. The molecule has 3 aliphatic rings. The van der Waals surface area contributed by atoms with Crippen molar-refractivity contribution in [2.45, 2.75) is 83.5 Å². The molecule has 146 valence electrons. The molecular formula is C20H30O6. The number of Topliss-reactive ketones (excluding diaryl/α,β-unsaturated/α-hetero) is 1. The Labute approximate surface area is 153 Å². The zero-order valence-corrected chi connectivity index (χ0v) is 16.0. The van der Waals surface area contributed by atoms with Crippen molar-refractivity contribution in [3.8, 4) is 0 Å². The van der Waals surface area contributed by atoms with Crippen LogP contribution in [0.4, 0.5) is 0 Å². The highest BCUT2D eigenvalue weighted by atomic mass is 16.4. The molecule has 0 spiro atoms. The van der Waals surface area contributed by atoms with Gasteiger partial charge in [0.25, 0.3) is 0 Å². The Balaban J connectivity index is 2.14. The molecule has 0 bridgehead atoms. The molecule has 0 amide bonds. The minimum Gasteiger partial charge on any atom is -0.481 e. The van der Waals surface area contributed by atoms with Crippen LogP contribution in [0.15, 0.2) is 11.1 Å². The Morgan fingerprint density at radius 1 is 1.19 bits per heavy atom. The maximum Gasteiger partial charge on any atom is 0.309 e. The molecule has 0 aromatic heterocycles. The number of ketones is 1. The van der Waals surface area contributed by atoms with Crippen LogP contribution in [0.1, 0.15) is 66.2 Å². The van der Waals surface area contributed by atoms with Gasteiger partial charge in [0.05, 0.1) is 11.0 Å². The second-order valence-corrected chi connectivity index (χ2v) is 9.45. The van der Waals surface area contributed by atoms with Crippen LogP contribution in [0.25, 0.3) is 0 Å². The van der Waals surface area contributed by atoms with Crippen LogP contribution in [0.2, 0.25) is 0 Å². The third-order valence-electron chi connectivity index (χ3n) is 7.66. The molecule has 3 aliphatic carbocycles. The normalized spacial score (nSPS) is 43.7. The molecule has 0 aromatic rings. The second-order valence-electron chi connectivity index (χ2n) is 9.45. The standard InChI is InChI=1S/C20H30O6/c1-17(2,25)20(26)9-6-11-14(15(20)22)12(21)10-13-18(11,3)7-5-8-19(13,4)16(23)24/h13,15,22,25-26H,5-10H2,1-4H3,(H,23,24)/t13?,15-,18-,19-,20+/m1/s1. The number of rotatable bonds is 2. The van der Waals surface area contributed by atoms with Crippen LogP contribution < -0.4 is 0 Å². The van der Waals surface area contributed by atoms with Gasteiger partial charge >= 0.3 is 5.97 Å². The van der Waals surface area contributed by atoms with Gasteiger partial charge in [0.2, 0.25) is 0 Å². The first-order valence-corrected chi connectivity index (χ1v) is 9.42. The monoisotopic (exact) mass is 366 g/mol. The predicted molar refractivity (Wildman–Crippen MR) is 94.3 cm³/mol. The molecule has 0 saturated heterocycles. The molecule has 0 aliphatic heterocycles. The molecule has 0 aromatic carbocycles. The molecule has 1 unspecified atom stereocenters. The largest absolute Gasteiger partial charge is 0.481 e. The molecule has 0 heterocycles. The predicted octanol–water partition coefficient (Wildman–Crippen LogP) is 1.81. The highest BCUT2D eigenvalue weighted by Gasteiger charge is 2.62. The van der Waals surface area contributed by atoms with Crippen molar-refractivity contribution >= 4 is 11.8 Å². The van der Waals surface area contributed by atoms with Gasteiger partial charge in [0, 0.05) is 12.0 Å². The number of carbonyl (C=O) groups is 2. The summed E-state index contributed by atoms with van der Waals surface area (Å²) in [6.07, 6.45) is 1.14. The summed E-state index contributed by atoms with van der Waals surface area (Å²) in [6, 6.07) is 0. The lowest BCUT2D eigenvalue weighted by atomic mass is 9.47. The Morgan fingerprint density at radius 2 is 1.81 bits per heavy atom. The summed E-state index contributed by atoms with van der Waals surface area (Å²) in [5.41, 5.74) is -3.84. The Morgan fingerprint density at radius 3 is 2.35 bits per heavy atom. The van der Waals surface area contributed by atoms with E-state index < -0.39 is 34.1 Å². The lowest BCUT2D eigenvalue weighted by Crippen LogP contribution is -2.63. The van der Waals surface area contributed by atoms with E-state index in [9.17, 15) is 30.0 Å². The van der Waals surface area contributed by atoms with Crippen LogP contribution in [-0.2, 0) is 9.59 Å². The van der Waals surface area contributed by atoms with Crippen molar-refractivity contribution < 1.29 is 30.0 Å². The van der Waals surface area contributed by atoms with Crippen molar-refractivity contribution in [3.05, 3.63) is 11.1 Å². The van der Waals surface area contributed by atoms with Crippen molar-refractivity contribution in [3.63, 3.8) is 0 Å². The van der Waals surface area contributed by atoms with E-state index in [4.69, 9.17) is 0 Å². The number of aliphatic hydroxyl groups excluding tert-OH is 1. The van der Waals surface area contributed by atoms with Gasteiger partial charge in [-0.2, -0.15) is 0 Å². The topological polar surface area (TPSA) is 115 Å². The highest BCUT2D eigenvalue weighted by Crippen LogP contribution is 2.62. The van der Waals surface area contributed by atoms with Gasteiger partial charge in [-0.15, -0.1) is 0 Å². The maximum absolute atomic E-state index is 13.0. The fourth-order valence-electron chi connectivity index (χ4n) is 5.78. The summed E-state index contributed by atoms with van der Waals surface area (Å²) in [7, 11) is 0. The summed E-state index contributed by atoms with van der Waals surface area (Å²) in [5, 5.41) is 42.0. The molecule has 4 N–H and O–H groups in total. The zero-order chi connectivity index (χ0) is 19.7. The van der Waals surface area contributed by atoms with E-state index in [0.29, 0.717) is 12.8 Å². The third-order valence-corrected chi connectivity index (χ3v) is 7.66. The first kappa shape index (κ1) is 19.5. The summed E-state index contributed by atoms with van der Waals surface area (Å²) >= 11 is 0. The number of hydrogen-bond donors (Lipinski definition) is 4. The Kier molecular flexibility index (Phi) is 4.23. The van der Waals surface area contributed by atoms with Crippen LogP contribution in [0.3, 0.4) is 0 Å². The molecule has 26 heavy (non-hydrogen) atoms. The molecule has 5 atom stereocenters. The van der Waals surface area contributed by atoms with Gasteiger partial charge in [-0.3, -0.25) is 9.59 Å².